The average molecular weight is 315 g/mol. The molecule has 5 nitrogen and oxygen atoms in total. The van der Waals surface area contributed by atoms with Gasteiger partial charge in [0.15, 0.2) is 0 Å². The second kappa shape index (κ2) is 7.59. The lowest BCUT2D eigenvalue weighted by Gasteiger charge is -2.12. The summed E-state index contributed by atoms with van der Waals surface area (Å²) in [6, 6.07) is 8.16. The third-order valence-electron chi connectivity index (χ3n) is 4.36. The number of nitrogens with one attached hydrogen (secondary N) is 1. The van der Waals surface area contributed by atoms with Crippen LogP contribution in [0.1, 0.15) is 44.9 Å². The lowest BCUT2D eigenvalue weighted by atomic mass is 10.2. The number of carbonyl (C=O) groups excluding carboxylic acids is 1. The molecule has 1 unspecified atom stereocenters. The molecule has 1 aromatic heterocycles. The molecule has 0 spiro atoms. The molecule has 0 radical (unpaired) electrons. The van der Waals surface area contributed by atoms with Crippen LogP contribution in [0.3, 0.4) is 0 Å². The predicted molar refractivity (Wildman–Crippen MR) is 90.1 cm³/mol. The van der Waals surface area contributed by atoms with Crippen LogP contribution in [0.25, 0.3) is 11.0 Å². The van der Waals surface area contributed by atoms with Gasteiger partial charge in [0.05, 0.1) is 17.6 Å². The molecule has 1 fully saturated rings. The molecular weight excluding hydrogens is 290 g/mol. The van der Waals surface area contributed by atoms with E-state index in [2.05, 4.69) is 22.9 Å². The highest BCUT2D eigenvalue weighted by Gasteiger charge is 2.23. The van der Waals surface area contributed by atoms with E-state index in [9.17, 15) is 4.79 Å². The maximum absolute atomic E-state index is 12.1. The number of aromatic nitrogens is 2. The summed E-state index contributed by atoms with van der Waals surface area (Å²) in [4.78, 5) is 16.8. The van der Waals surface area contributed by atoms with Gasteiger partial charge in [0, 0.05) is 13.2 Å². The van der Waals surface area contributed by atoms with E-state index in [4.69, 9.17) is 9.72 Å². The zero-order valence-corrected chi connectivity index (χ0v) is 13.8. The maximum atomic E-state index is 12.1. The summed E-state index contributed by atoms with van der Waals surface area (Å²) in [5.41, 5.74) is 2.13. The molecule has 1 N–H and O–H groups in total. The van der Waals surface area contributed by atoms with Crippen molar-refractivity contribution in [3.8, 4) is 0 Å². The molecule has 3 rings (SSSR count). The van der Waals surface area contributed by atoms with Crippen molar-refractivity contribution in [2.45, 2.75) is 58.2 Å². The van der Waals surface area contributed by atoms with Gasteiger partial charge in [-0.2, -0.15) is 0 Å². The van der Waals surface area contributed by atoms with Crippen LogP contribution in [0, 0.1) is 0 Å². The molecule has 0 bridgehead atoms. The molecule has 23 heavy (non-hydrogen) atoms. The molecule has 1 saturated heterocycles. The predicted octanol–water partition coefficient (Wildman–Crippen LogP) is 3.02. The van der Waals surface area contributed by atoms with Crippen molar-refractivity contribution in [1.29, 1.82) is 0 Å². The largest absolute Gasteiger partial charge is 0.368 e. The van der Waals surface area contributed by atoms with Crippen LogP contribution >= 0.6 is 0 Å². The van der Waals surface area contributed by atoms with Gasteiger partial charge in [0.25, 0.3) is 0 Å². The van der Waals surface area contributed by atoms with Gasteiger partial charge in [-0.1, -0.05) is 31.9 Å². The van der Waals surface area contributed by atoms with E-state index >= 15 is 0 Å². The fraction of sp³-hybridized carbons (Fsp3) is 0.556. The number of fused-ring (bicyclic) bond motifs is 1. The number of aryl methyl sites for hydroxylation is 1. The maximum Gasteiger partial charge on any atom is 0.249 e. The number of carbonyl (C=O) groups is 1. The zero-order valence-electron chi connectivity index (χ0n) is 13.8. The highest BCUT2D eigenvalue weighted by atomic mass is 16.5. The molecular formula is C18H25N3O2. The summed E-state index contributed by atoms with van der Waals surface area (Å²) in [5, 5.41) is 2.99. The van der Waals surface area contributed by atoms with Gasteiger partial charge in [-0.25, -0.2) is 4.98 Å². The van der Waals surface area contributed by atoms with E-state index in [1.54, 1.807) is 0 Å². The molecule has 2 heterocycles. The van der Waals surface area contributed by atoms with E-state index in [1.165, 1.54) is 12.8 Å². The highest BCUT2D eigenvalue weighted by Crippen LogP contribution is 2.18. The number of unbranched alkanes of at least 4 members (excludes halogenated alkanes) is 2. The molecule has 124 valence electrons. The number of nitrogens with zero attached hydrogens (tertiary/aromatic N) is 2. The number of amides is 1. The first-order chi connectivity index (χ1) is 11.3. The Balaban J connectivity index is 1.72. The Bertz CT molecular complexity index is 659. The normalized spacial score (nSPS) is 17.7. The van der Waals surface area contributed by atoms with Gasteiger partial charge < -0.3 is 14.6 Å². The van der Waals surface area contributed by atoms with Crippen LogP contribution < -0.4 is 5.32 Å². The molecule has 1 atom stereocenters. The summed E-state index contributed by atoms with van der Waals surface area (Å²) in [5.74, 6) is 0.906. The Kier molecular flexibility index (Phi) is 5.28. The van der Waals surface area contributed by atoms with Crippen LogP contribution in [-0.4, -0.2) is 28.2 Å². The van der Waals surface area contributed by atoms with Gasteiger partial charge in [0.1, 0.15) is 11.9 Å². The topological polar surface area (TPSA) is 56.2 Å². The molecule has 2 aromatic rings. The summed E-state index contributed by atoms with van der Waals surface area (Å²) in [7, 11) is 0. The van der Waals surface area contributed by atoms with Crippen molar-refractivity contribution in [3.63, 3.8) is 0 Å². The molecule has 1 aliphatic rings. The van der Waals surface area contributed by atoms with E-state index < -0.39 is 0 Å². The molecule has 5 heteroatoms. The second-order valence-corrected chi connectivity index (χ2v) is 6.09. The van der Waals surface area contributed by atoms with Crippen molar-refractivity contribution in [1.82, 2.24) is 14.9 Å². The van der Waals surface area contributed by atoms with Crippen LogP contribution in [-0.2, 0) is 22.6 Å². The first-order valence-corrected chi connectivity index (χ1v) is 8.63. The van der Waals surface area contributed by atoms with Crippen molar-refractivity contribution < 1.29 is 9.53 Å². The number of hydrogen-bond acceptors (Lipinski definition) is 3. The third-order valence-corrected chi connectivity index (χ3v) is 4.36. The van der Waals surface area contributed by atoms with Crippen molar-refractivity contribution >= 4 is 16.9 Å². The summed E-state index contributed by atoms with van der Waals surface area (Å²) in [6.45, 7) is 4.29. The lowest BCUT2D eigenvalue weighted by molar-refractivity contribution is -0.130. The summed E-state index contributed by atoms with van der Waals surface area (Å²) < 4.78 is 7.67. The number of para-hydroxylation sites is 2. The van der Waals surface area contributed by atoms with Crippen molar-refractivity contribution in [3.05, 3.63) is 30.1 Å². The van der Waals surface area contributed by atoms with Gasteiger partial charge in [-0.15, -0.1) is 0 Å². The fourth-order valence-electron chi connectivity index (χ4n) is 3.09. The molecule has 1 aromatic carbocycles. The Hall–Kier alpha value is -1.88. The Morgan fingerprint density at radius 1 is 1.39 bits per heavy atom. The van der Waals surface area contributed by atoms with Gasteiger partial charge in [0.2, 0.25) is 5.91 Å². The zero-order chi connectivity index (χ0) is 16.1. The van der Waals surface area contributed by atoms with Crippen LogP contribution in [0.5, 0.6) is 0 Å². The van der Waals surface area contributed by atoms with Crippen LogP contribution in [0.15, 0.2) is 24.3 Å². The number of ether oxygens (including phenoxy) is 1. The van der Waals surface area contributed by atoms with Crippen molar-refractivity contribution in [2.24, 2.45) is 0 Å². The van der Waals surface area contributed by atoms with Crippen molar-refractivity contribution in [2.75, 3.05) is 6.61 Å². The van der Waals surface area contributed by atoms with Crippen LogP contribution in [0.4, 0.5) is 0 Å². The smallest absolute Gasteiger partial charge is 0.249 e. The van der Waals surface area contributed by atoms with Crippen LogP contribution in [0.2, 0.25) is 0 Å². The second-order valence-electron chi connectivity index (χ2n) is 6.09. The van der Waals surface area contributed by atoms with E-state index in [-0.39, 0.29) is 12.0 Å². The fourth-order valence-corrected chi connectivity index (χ4v) is 3.09. The minimum atomic E-state index is -0.284. The SMILES string of the molecule is CCCCCn1c(CNC(=O)C2CCCO2)nc2ccccc21. The van der Waals surface area contributed by atoms with Gasteiger partial charge in [-0.05, 0) is 31.4 Å². The lowest BCUT2D eigenvalue weighted by Crippen LogP contribution is -2.34. The standard InChI is InChI=1S/C18H25N3O2/c1-2-3-6-11-21-15-9-5-4-8-14(15)20-17(21)13-19-18(22)16-10-7-12-23-16/h4-5,8-9,16H,2-3,6-7,10-13H2,1H3,(H,19,22). The monoisotopic (exact) mass is 315 g/mol. The minimum absolute atomic E-state index is 0.0188. The first-order valence-electron chi connectivity index (χ1n) is 8.63. The first kappa shape index (κ1) is 16.0. The Morgan fingerprint density at radius 2 is 2.26 bits per heavy atom. The average Bonchev–Trinajstić information content (AvgIpc) is 3.21. The van der Waals surface area contributed by atoms with E-state index in [1.807, 2.05) is 18.2 Å². The Labute approximate surface area is 137 Å². The van der Waals surface area contributed by atoms with E-state index in [0.29, 0.717) is 13.2 Å². The molecule has 1 aliphatic heterocycles. The minimum Gasteiger partial charge on any atom is -0.368 e. The number of rotatable bonds is 7. The molecule has 0 saturated carbocycles. The van der Waals surface area contributed by atoms with Gasteiger partial charge >= 0.3 is 0 Å². The van der Waals surface area contributed by atoms with Gasteiger partial charge in [-0.3, -0.25) is 4.79 Å². The molecule has 1 amide bonds. The summed E-state index contributed by atoms with van der Waals surface area (Å²) >= 11 is 0. The third kappa shape index (κ3) is 3.72. The summed E-state index contributed by atoms with van der Waals surface area (Å²) in [6.07, 6.45) is 5.02. The number of imidazole rings is 1. The molecule has 0 aliphatic carbocycles. The quantitative estimate of drug-likeness (QED) is 0.799. The number of benzene rings is 1. The van der Waals surface area contributed by atoms with E-state index in [0.717, 1.165) is 42.7 Å². The Morgan fingerprint density at radius 3 is 3.04 bits per heavy atom. The number of hydrogen-bond donors (Lipinski definition) is 1. The highest BCUT2D eigenvalue weighted by molar-refractivity contribution is 5.81.